The summed E-state index contributed by atoms with van der Waals surface area (Å²) in [6, 6.07) is 0. The van der Waals surface area contributed by atoms with E-state index in [-0.39, 0.29) is 0 Å². The number of hydrogen-bond donors (Lipinski definition) is 1. The number of nitrogens with one attached hydrogen (secondary N) is 1. The zero-order chi connectivity index (χ0) is 12.8. The Balaban J connectivity index is 1.81. The van der Waals surface area contributed by atoms with Crippen molar-refractivity contribution in [3.8, 4) is 0 Å². The summed E-state index contributed by atoms with van der Waals surface area (Å²) in [7, 11) is 0. The highest BCUT2D eigenvalue weighted by molar-refractivity contribution is 5.14. The molecule has 2 rings (SSSR count). The van der Waals surface area contributed by atoms with E-state index in [1.54, 1.807) is 0 Å². The van der Waals surface area contributed by atoms with E-state index in [1.807, 2.05) is 0 Å². The third-order valence-corrected chi connectivity index (χ3v) is 4.10. The minimum atomic E-state index is 0.945. The van der Waals surface area contributed by atoms with Crippen LogP contribution in [-0.4, -0.2) is 16.3 Å². The van der Waals surface area contributed by atoms with Crippen LogP contribution in [0.2, 0.25) is 0 Å². The molecule has 0 aliphatic heterocycles. The van der Waals surface area contributed by atoms with E-state index in [4.69, 9.17) is 0 Å². The first-order chi connectivity index (χ1) is 8.79. The molecule has 0 unspecified atom stereocenters. The van der Waals surface area contributed by atoms with Gasteiger partial charge in [0.2, 0.25) is 0 Å². The molecule has 0 amide bonds. The molecule has 0 saturated heterocycles. The highest BCUT2D eigenvalue weighted by Gasteiger charge is 2.13. The summed E-state index contributed by atoms with van der Waals surface area (Å²) in [4.78, 5) is 0. The Morgan fingerprint density at radius 3 is 2.83 bits per heavy atom. The van der Waals surface area contributed by atoms with Gasteiger partial charge in [0.1, 0.15) is 0 Å². The minimum Gasteiger partial charge on any atom is -0.313 e. The van der Waals surface area contributed by atoms with Crippen molar-refractivity contribution < 1.29 is 0 Å². The molecule has 3 nitrogen and oxygen atoms in total. The van der Waals surface area contributed by atoms with Gasteiger partial charge < -0.3 is 5.32 Å². The van der Waals surface area contributed by atoms with Gasteiger partial charge in [0.25, 0.3) is 0 Å². The van der Waals surface area contributed by atoms with Crippen molar-refractivity contribution in [3.63, 3.8) is 0 Å². The Hall–Kier alpha value is -0.830. The van der Waals surface area contributed by atoms with E-state index in [9.17, 15) is 0 Å². The molecular formula is C15H27N3. The van der Waals surface area contributed by atoms with Gasteiger partial charge in [-0.15, -0.1) is 0 Å². The van der Waals surface area contributed by atoms with Crippen molar-refractivity contribution in [3.05, 3.63) is 17.5 Å². The van der Waals surface area contributed by atoms with Gasteiger partial charge in [0.15, 0.2) is 0 Å². The summed E-state index contributed by atoms with van der Waals surface area (Å²) >= 11 is 0. The highest BCUT2D eigenvalue weighted by Crippen LogP contribution is 2.26. The summed E-state index contributed by atoms with van der Waals surface area (Å²) in [5.74, 6) is 0.945. The smallest absolute Gasteiger partial charge is 0.0638 e. The molecule has 1 N–H and O–H groups in total. The van der Waals surface area contributed by atoms with Crippen molar-refractivity contribution in [2.24, 2.45) is 5.92 Å². The van der Waals surface area contributed by atoms with Gasteiger partial charge in [-0.25, -0.2) is 0 Å². The monoisotopic (exact) mass is 249 g/mol. The van der Waals surface area contributed by atoms with Crippen molar-refractivity contribution in [1.29, 1.82) is 0 Å². The maximum Gasteiger partial charge on any atom is 0.0638 e. The number of aromatic nitrogens is 2. The fourth-order valence-electron chi connectivity index (χ4n) is 2.90. The average Bonchev–Trinajstić information content (AvgIpc) is 2.76. The van der Waals surface area contributed by atoms with Crippen LogP contribution in [0.5, 0.6) is 0 Å². The molecule has 0 spiro atoms. The molecule has 1 saturated carbocycles. The topological polar surface area (TPSA) is 29.9 Å². The van der Waals surface area contributed by atoms with Gasteiger partial charge in [-0.05, 0) is 25.8 Å². The largest absolute Gasteiger partial charge is 0.313 e. The van der Waals surface area contributed by atoms with Crippen LogP contribution < -0.4 is 5.32 Å². The lowest BCUT2D eigenvalue weighted by Gasteiger charge is -2.21. The van der Waals surface area contributed by atoms with Crippen LogP contribution in [-0.2, 0) is 13.1 Å². The number of rotatable bonds is 6. The second kappa shape index (κ2) is 6.93. The van der Waals surface area contributed by atoms with Crippen molar-refractivity contribution in [2.45, 2.75) is 65.5 Å². The molecule has 102 valence electrons. The van der Waals surface area contributed by atoms with Gasteiger partial charge in [-0.1, -0.05) is 39.0 Å². The maximum absolute atomic E-state index is 4.62. The van der Waals surface area contributed by atoms with Gasteiger partial charge in [-0.2, -0.15) is 5.10 Å². The molecule has 3 heteroatoms. The quantitative estimate of drug-likeness (QED) is 0.838. The van der Waals surface area contributed by atoms with Crippen LogP contribution in [0.3, 0.4) is 0 Å². The van der Waals surface area contributed by atoms with E-state index < -0.39 is 0 Å². The summed E-state index contributed by atoms with van der Waals surface area (Å²) in [5.41, 5.74) is 2.53. The Morgan fingerprint density at radius 1 is 1.33 bits per heavy atom. The third-order valence-electron chi connectivity index (χ3n) is 4.10. The summed E-state index contributed by atoms with van der Waals surface area (Å²) < 4.78 is 2.15. The lowest BCUT2D eigenvalue weighted by molar-refractivity contribution is 0.318. The van der Waals surface area contributed by atoms with Crippen molar-refractivity contribution in [1.82, 2.24) is 15.1 Å². The molecule has 1 aliphatic carbocycles. The Morgan fingerprint density at radius 2 is 2.11 bits per heavy atom. The fourth-order valence-corrected chi connectivity index (χ4v) is 2.90. The van der Waals surface area contributed by atoms with Crippen molar-refractivity contribution in [2.75, 3.05) is 6.54 Å². The standard InChI is InChI=1S/C15H27N3/c1-3-16-11-15-12-18(17-13(15)2)10-9-14-7-5-4-6-8-14/h12,14,16H,3-11H2,1-2H3. The molecule has 1 heterocycles. The molecule has 18 heavy (non-hydrogen) atoms. The zero-order valence-electron chi connectivity index (χ0n) is 11.9. The molecule has 0 radical (unpaired) electrons. The van der Waals surface area contributed by atoms with E-state index in [0.29, 0.717) is 0 Å². The predicted octanol–water partition coefficient (Wildman–Crippen LogP) is 3.27. The first kappa shape index (κ1) is 13.6. The molecule has 1 fully saturated rings. The lowest BCUT2D eigenvalue weighted by atomic mass is 9.87. The Bertz CT molecular complexity index is 351. The van der Waals surface area contributed by atoms with Crippen LogP contribution in [0.4, 0.5) is 0 Å². The lowest BCUT2D eigenvalue weighted by Crippen LogP contribution is -2.12. The molecule has 0 bridgehead atoms. The van der Waals surface area contributed by atoms with Gasteiger partial charge in [-0.3, -0.25) is 4.68 Å². The SMILES string of the molecule is CCNCc1cn(CCC2CCCCC2)nc1C. The number of nitrogens with zero attached hydrogens (tertiary/aromatic N) is 2. The molecule has 0 aromatic carbocycles. The van der Waals surface area contributed by atoms with Gasteiger partial charge >= 0.3 is 0 Å². The van der Waals surface area contributed by atoms with Crippen LogP contribution in [0.1, 0.15) is 56.7 Å². The maximum atomic E-state index is 4.62. The first-order valence-corrected chi connectivity index (χ1v) is 7.53. The Labute approximate surface area is 111 Å². The Kier molecular flexibility index (Phi) is 5.24. The first-order valence-electron chi connectivity index (χ1n) is 7.53. The summed E-state index contributed by atoms with van der Waals surface area (Å²) in [6.07, 6.45) is 10.7. The molecular weight excluding hydrogens is 222 g/mol. The molecule has 1 aliphatic rings. The summed E-state index contributed by atoms with van der Waals surface area (Å²) in [6.45, 7) is 7.32. The van der Waals surface area contributed by atoms with Gasteiger partial charge in [0.05, 0.1) is 5.69 Å². The number of aryl methyl sites for hydroxylation is 2. The van der Waals surface area contributed by atoms with E-state index in [2.05, 4.69) is 35.1 Å². The fraction of sp³-hybridized carbons (Fsp3) is 0.800. The molecule has 1 aromatic rings. The van der Waals surface area contributed by atoms with Crippen LogP contribution >= 0.6 is 0 Å². The van der Waals surface area contributed by atoms with E-state index in [1.165, 1.54) is 49.8 Å². The van der Waals surface area contributed by atoms with Gasteiger partial charge in [0, 0.05) is 24.8 Å². The zero-order valence-corrected chi connectivity index (χ0v) is 11.9. The minimum absolute atomic E-state index is 0.945. The van der Waals surface area contributed by atoms with Crippen LogP contribution in [0.25, 0.3) is 0 Å². The number of hydrogen-bond acceptors (Lipinski definition) is 2. The normalized spacial score (nSPS) is 17.2. The third kappa shape index (κ3) is 3.84. The average molecular weight is 249 g/mol. The highest BCUT2D eigenvalue weighted by atomic mass is 15.3. The van der Waals surface area contributed by atoms with Crippen LogP contribution in [0, 0.1) is 12.8 Å². The summed E-state index contributed by atoms with van der Waals surface area (Å²) in [5, 5.41) is 8.00. The molecule has 0 atom stereocenters. The predicted molar refractivity (Wildman–Crippen MR) is 75.5 cm³/mol. The van der Waals surface area contributed by atoms with E-state index in [0.717, 1.165) is 25.6 Å². The van der Waals surface area contributed by atoms with Crippen LogP contribution in [0.15, 0.2) is 6.20 Å². The van der Waals surface area contributed by atoms with E-state index >= 15 is 0 Å². The second-order valence-electron chi connectivity index (χ2n) is 5.58. The second-order valence-corrected chi connectivity index (χ2v) is 5.58. The molecule has 1 aromatic heterocycles. The van der Waals surface area contributed by atoms with Crippen molar-refractivity contribution >= 4 is 0 Å².